The van der Waals surface area contributed by atoms with E-state index in [1.807, 2.05) is 18.2 Å². The molecule has 13 heteroatoms. The van der Waals surface area contributed by atoms with Crippen molar-refractivity contribution in [3.8, 4) is 0 Å². The number of halogens is 4. The van der Waals surface area contributed by atoms with Gasteiger partial charge in [0.05, 0.1) is 7.26 Å². The Morgan fingerprint density at radius 2 is 0.583 bits per heavy atom. The monoisotopic (exact) mass is 1230 g/mol. The Morgan fingerprint density at radius 1 is 0.444 bits per heavy atom. The average molecular weight is 1230 g/mol. The maximum Gasteiger partial charge on any atom is -0.0134 e. The zero-order chi connectivity index (χ0) is 52.2. The molecular formula is C59H48ClF3IrO4P3S. The zero-order valence-corrected chi connectivity index (χ0v) is 45.1. The topological polar surface area (TPSA) is 77.1 Å². The first-order valence-corrected chi connectivity index (χ1v) is 30.5. The molecule has 0 aliphatic carbocycles. The van der Waals surface area contributed by atoms with Crippen molar-refractivity contribution in [2.45, 2.75) is 5.51 Å². The summed E-state index contributed by atoms with van der Waals surface area (Å²) >= 11 is 1.47. The van der Waals surface area contributed by atoms with E-state index in [0.29, 0.717) is 0 Å². The minimum Gasteiger partial charge on any atom is -0.0622 e. The number of hydrogen-bond donors (Lipinski definition) is 0. The van der Waals surface area contributed by atoms with E-state index in [-0.39, 0.29) is 0 Å². The number of allylic oxidation sites excluding steroid dienone is 1. The van der Waals surface area contributed by atoms with Gasteiger partial charge in [-0.1, -0.05) is 237 Å². The van der Waals surface area contributed by atoms with E-state index in [0.717, 1.165) is 5.31 Å². The number of rotatable bonds is 10. The number of alkyl halides is 3. The summed E-state index contributed by atoms with van der Waals surface area (Å²) in [4.78, 5) is 0. The van der Waals surface area contributed by atoms with Crippen molar-refractivity contribution in [3.05, 3.63) is 298 Å². The van der Waals surface area contributed by atoms with Crippen LogP contribution in [-0.4, -0.2) is 18.5 Å². The van der Waals surface area contributed by atoms with E-state index in [9.17, 15) is 13.2 Å². The van der Waals surface area contributed by atoms with Gasteiger partial charge in [0.1, 0.15) is 15.9 Å². The first-order valence-electron chi connectivity index (χ1n) is 21.7. The largest absolute Gasteiger partial charge is 0.0622 e. The zero-order valence-electron chi connectivity index (χ0n) is 38.5. The van der Waals surface area contributed by atoms with Crippen LogP contribution in [0.4, 0.5) is 13.2 Å². The third kappa shape index (κ3) is 16.9. The predicted octanol–water partition coefficient (Wildman–Crippen LogP) is 11.7. The molecule has 0 aliphatic rings. The molecule has 4 nitrogen and oxygen atoms in total. The Balaban J connectivity index is 0.000000212. The summed E-state index contributed by atoms with van der Waals surface area (Å²) in [6.07, 6.45) is 0. The molecule has 0 radical (unpaired) electrons. The first-order chi connectivity index (χ1) is 34.9. The molecule has 0 bridgehead atoms. The molecule has 0 N–H and O–H groups in total. The Morgan fingerprint density at radius 3 is 0.708 bits per heavy atom. The van der Waals surface area contributed by atoms with Crippen molar-refractivity contribution in [2.24, 2.45) is 0 Å². The predicted molar refractivity (Wildman–Crippen MR) is 294 cm³/mol. The van der Waals surface area contributed by atoms with Crippen LogP contribution in [0.25, 0.3) is 0 Å². The Labute approximate surface area is 440 Å². The van der Waals surface area contributed by atoms with Crippen LogP contribution in [0.5, 0.6) is 0 Å². The molecule has 0 spiro atoms. The van der Waals surface area contributed by atoms with E-state index in [1.54, 1.807) is 0 Å². The summed E-state index contributed by atoms with van der Waals surface area (Å²) in [6.45, 7) is 15.1. The Kier molecular flexibility index (Phi) is 25.3. The molecule has 0 aromatic heterocycles. The molecule has 72 heavy (non-hydrogen) atoms. The fraction of sp³-hybridized carbons (Fsp3) is 0.0169. The van der Waals surface area contributed by atoms with E-state index in [2.05, 4.69) is 278 Å². The smallest absolute Gasteiger partial charge is 0.0134 e. The van der Waals surface area contributed by atoms with Crippen LogP contribution in [-0.2, 0) is 32.7 Å². The fourth-order valence-corrected chi connectivity index (χ4v) is 15.6. The van der Waals surface area contributed by atoms with Crippen molar-refractivity contribution in [2.75, 3.05) is 0 Å². The second kappa shape index (κ2) is 31.0. The van der Waals surface area contributed by atoms with Gasteiger partial charge in [-0.25, -0.2) is 13.7 Å². The summed E-state index contributed by atoms with van der Waals surface area (Å²) in [5, 5.41) is 12.8. The molecule has 0 fully saturated rings. The maximum atomic E-state index is 10.7. The second-order valence-electron chi connectivity index (χ2n) is 14.8. The van der Waals surface area contributed by atoms with Gasteiger partial charge in [0.25, 0.3) is 0 Å². The van der Waals surface area contributed by atoms with Crippen molar-refractivity contribution in [3.63, 3.8) is 0 Å². The standard InChI is InChI=1S/C21H18P.2C18H15P.CHF3O3S.CO.ClH.Ir/c1-18(2)22(19-12-6-3-7-13-19,20-14-8-4-9-15-20)21-16-10-5-11-17-21;2*1-4-10-16(11-5-1)19(17-12-6-2-7-13-17)18-14-8-3-9-15-18;2-1(3,4)8(5,6)7;1-2;;/h1,3-17H,2H2;2*1-15H;(H,5,6,7);;1H;/q-1;;;;;;+3/p-2. The Hall–Kier alpha value is -5.74. The van der Waals surface area contributed by atoms with Gasteiger partial charge in [-0.2, -0.15) is 13.2 Å². The second-order valence-corrected chi connectivity index (χ2v) is 24.0. The van der Waals surface area contributed by atoms with Crippen molar-refractivity contribution >= 4 is 90.5 Å². The number of benzene rings is 9. The summed E-state index contributed by atoms with van der Waals surface area (Å²) in [7, 11) is -4.39. The van der Waals surface area contributed by atoms with Crippen molar-refractivity contribution in [1.82, 2.24) is 0 Å². The van der Waals surface area contributed by atoms with Gasteiger partial charge in [0, 0.05) is 0 Å². The quantitative estimate of drug-likeness (QED) is 0.0450. The summed E-state index contributed by atoms with van der Waals surface area (Å²) in [5.41, 5.74) is -5.65. The number of hydrogen-bond acceptors (Lipinski definition) is 3. The Bertz CT molecular complexity index is 2630. The van der Waals surface area contributed by atoms with Crippen LogP contribution < -0.4 is 47.7 Å². The normalized spacial score (nSPS) is 10.6. The van der Waals surface area contributed by atoms with Gasteiger partial charge < -0.3 is 18.1 Å². The summed E-state index contributed by atoms with van der Waals surface area (Å²) in [6, 6.07) is 96.1. The van der Waals surface area contributed by atoms with Gasteiger partial charge in [-0.3, -0.25) is 0 Å². The van der Waals surface area contributed by atoms with E-state index in [4.69, 9.17) is 24.2 Å². The molecule has 0 atom stereocenters. The summed E-state index contributed by atoms with van der Waals surface area (Å²) in [5.74, 6) is 0. The van der Waals surface area contributed by atoms with Crippen molar-refractivity contribution < 1.29 is 48.7 Å². The van der Waals surface area contributed by atoms with Crippen LogP contribution in [0.1, 0.15) is 0 Å². The fourth-order valence-electron chi connectivity index (χ4n) is 7.26. The molecule has 9 rings (SSSR count). The van der Waals surface area contributed by atoms with Crippen LogP contribution in [0.2, 0.25) is 0 Å². The van der Waals surface area contributed by atoms with Gasteiger partial charge >= 0.3 is 44.3 Å². The maximum absolute atomic E-state index is 10.7. The molecule has 366 valence electrons. The molecular weight excluding hydrogens is 1180 g/mol. The average Bonchev–Trinajstić information content (AvgIpc) is 3.43. The molecule has 0 heterocycles. The van der Waals surface area contributed by atoms with Gasteiger partial charge in [-0.15, -0.1) is 0 Å². The first kappa shape index (κ1) is 58.8. The van der Waals surface area contributed by atoms with Gasteiger partial charge in [0.15, 0.2) is 10.1 Å². The third-order valence-corrected chi connectivity index (χ3v) is 19.8. The van der Waals surface area contributed by atoms with E-state index >= 15 is 0 Å². The molecule has 0 amide bonds. The van der Waals surface area contributed by atoms with Crippen LogP contribution >= 0.6 is 32.7 Å². The molecule has 9 aromatic rings. The third-order valence-electron chi connectivity index (χ3n) is 10.2. The SMILES string of the molecule is O=S(=O)([O-])C(F)(F)F.[C-]#[O+].[CH-]=C([CH2-])[P+](c1ccccc1)(c1ccccc1)c1ccccc1.[Cl][Ir+2].c1ccc(P(c2ccccc2)c2ccccc2)cc1.c1ccc(P(c2ccccc2)c2ccccc2)cc1. The molecule has 0 saturated heterocycles. The molecule has 0 saturated carbocycles. The minimum absolute atomic E-state index is 0.446. The minimum atomic E-state index is -6.09. The molecule has 0 unspecified atom stereocenters. The van der Waals surface area contributed by atoms with Crippen LogP contribution in [0, 0.1) is 20.2 Å². The molecule has 0 aliphatic heterocycles. The van der Waals surface area contributed by atoms with E-state index < -0.39 is 38.7 Å². The van der Waals surface area contributed by atoms with Crippen molar-refractivity contribution in [1.29, 1.82) is 0 Å². The van der Waals surface area contributed by atoms with E-state index in [1.165, 1.54) is 65.6 Å². The molecule has 9 aromatic carbocycles. The van der Waals surface area contributed by atoms with Gasteiger partial charge in [-0.05, 0) is 84.1 Å². The van der Waals surface area contributed by atoms with Crippen LogP contribution in [0.3, 0.4) is 0 Å². The van der Waals surface area contributed by atoms with Gasteiger partial charge in [0.2, 0.25) is 0 Å². The summed E-state index contributed by atoms with van der Waals surface area (Å²) < 4.78 is 66.4. The van der Waals surface area contributed by atoms with Crippen LogP contribution in [0.15, 0.2) is 278 Å².